The van der Waals surface area contributed by atoms with Gasteiger partial charge >= 0.3 is 6.03 Å². The Morgan fingerprint density at radius 1 is 1.09 bits per heavy atom. The van der Waals surface area contributed by atoms with Gasteiger partial charge in [-0.25, -0.2) is 9.78 Å². The van der Waals surface area contributed by atoms with Crippen LogP contribution in [0.1, 0.15) is 39.4 Å². The number of carbonyl (C=O) groups excluding carboxylic acids is 1. The molecular formula is C25H32N6O2. The van der Waals surface area contributed by atoms with Crippen molar-refractivity contribution in [1.82, 2.24) is 15.0 Å². The molecule has 0 bridgehead atoms. The van der Waals surface area contributed by atoms with E-state index in [1.165, 1.54) is 19.4 Å². The summed E-state index contributed by atoms with van der Waals surface area (Å²) >= 11 is 0. The summed E-state index contributed by atoms with van der Waals surface area (Å²) in [5.41, 5.74) is 2.56. The van der Waals surface area contributed by atoms with Gasteiger partial charge in [-0.1, -0.05) is 38.1 Å². The third-order valence-corrected chi connectivity index (χ3v) is 5.92. The molecule has 1 aliphatic rings. The van der Waals surface area contributed by atoms with Crippen LogP contribution in [0, 0.1) is 0 Å². The van der Waals surface area contributed by atoms with Crippen molar-refractivity contribution >= 4 is 23.4 Å². The topological polar surface area (TPSA) is 95.3 Å². The number of nitrogens with zero attached hydrogens (tertiary/aromatic N) is 3. The molecule has 2 amide bonds. The van der Waals surface area contributed by atoms with Gasteiger partial charge in [-0.3, -0.25) is 5.32 Å². The number of hydrogen-bond acceptors (Lipinski definition) is 6. The molecule has 1 atom stereocenters. The number of benzene rings is 1. The lowest BCUT2D eigenvalue weighted by Gasteiger charge is -2.19. The van der Waals surface area contributed by atoms with E-state index in [0.29, 0.717) is 23.3 Å². The van der Waals surface area contributed by atoms with E-state index in [-0.39, 0.29) is 11.4 Å². The van der Waals surface area contributed by atoms with Gasteiger partial charge in [-0.05, 0) is 56.3 Å². The van der Waals surface area contributed by atoms with Crippen LogP contribution in [0.3, 0.4) is 0 Å². The summed E-state index contributed by atoms with van der Waals surface area (Å²) in [6.07, 6.45) is 4.36. The maximum absolute atomic E-state index is 12.3. The Labute approximate surface area is 194 Å². The second-order valence-corrected chi connectivity index (χ2v) is 9.57. The Hall–Kier alpha value is -3.39. The highest BCUT2D eigenvalue weighted by Gasteiger charge is 2.21. The molecule has 3 N–H and O–H groups in total. The Balaban J connectivity index is 1.30. The average Bonchev–Trinajstić information content (AvgIpc) is 3.42. The minimum Gasteiger partial charge on any atom is -0.369 e. The Kier molecular flexibility index (Phi) is 6.65. The van der Waals surface area contributed by atoms with E-state index in [4.69, 9.17) is 4.52 Å². The maximum atomic E-state index is 12.3. The molecule has 1 aliphatic heterocycles. The molecule has 1 saturated heterocycles. The number of anilines is 3. The van der Waals surface area contributed by atoms with E-state index in [2.05, 4.69) is 44.1 Å². The van der Waals surface area contributed by atoms with Crippen LogP contribution >= 0.6 is 0 Å². The molecule has 174 valence electrons. The van der Waals surface area contributed by atoms with Gasteiger partial charge in [-0.15, -0.1) is 0 Å². The molecular weight excluding hydrogens is 416 g/mol. The van der Waals surface area contributed by atoms with Crippen LogP contribution in [-0.4, -0.2) is 47.3 Å². The lowest BCUT2D eigenvalue weighted by Crippen LogP contribution is -2.31. The molecule has 3 aromatic rings. The standard InChI is InChI=1S/C25H32N6O2/c1-25(2,3)21-14-23(30-33-21)29-24(32)28-19-10-7-17(8-11-19)18-9-12-22(26-15-18)27-16-20-6-5-13-31(20)4/h7-12,14-15,20H,5-6,13,16H2,1-4H3,(H,26,27)(H2,28,29,30,32). The van der Waals surface area contributed by atoms with Crippen molar-refractivity contribution < 1.29 is 9.32 Å². The summed E-state index contributed by atoms with van der Waals surface area (Å²) in [4.78, 5) is 19.2. The minimum absolute atomic E-state index is 0.172. The zero-order chi connectivity index (χ0) is 23.4. The van der Waals surface area contributed by atoms with Crippen LogP contribution < -0.4 is 16.0 Å². The van der Waals surface area contributed by atoms with E-state index in [1.807, 2.05) is 57.3 Å². The zero-order valence-corrected chi connectivity index (χ0v) is 19.7. The van der Waals surface area contributed by atoms with E-state index >= 15 is 0 Å². The van der Waals surface area contributed by atoms with Crippen LogP contribution in [0.2, 0.25) is 0 Å². The molecule has 1 aromatic carbocycles. The summed E-state index contributed by atoms with van der Waals surface area (Å²) in [5, 5.41) is 12.8. The van der Waals surface area contributed by atoms with Crippen LogP contribution in [0.15, 0.2) is 53.2 Å². The minimum atomic E-state index is -0.374. The monoisotopic (exact) mass is 448 g/mol. The van der Waals surface area contributed by atoms with Crippen LogP contribution in [0.5, 0.6) is 0 Å². The second kappa shape index (κ2) is 9.62. The molecule has 4 rings (SSSR count). The molecule has 0 spiro atoms. The van der Waals surface area contributed by atoms with Crippen molar-refractivity contribution in [2.75, 3.05) is 36.1 Å². The van der Waals surface area contributed by atoms with Gasteiger partial charge in [-0.2, -0.15) is 0 Å². The normalized spacial score (nSPS) is 16.5. The highest BCUT2D eigenvalue weighted by atomic mass is 16.5. The first-order chi connectivity index (χ1) is 15.8. The summed E-state index contributed by atoms with van der Waals surface area (Å²) in [7, 11) is 2.18. The molecule has 2 aromatic heterocycles. The van der Waals surface area contributed by atoms with Crippen molar-refractivity contribution in [3.8, 4) is 11.1 Å². The average molecular weight is 449 g/mol. The third kappa shape index (κ3) is 5.90. The summed E-state index contributed by atoms with van der Waals surface area (Å²) in [6, 6.07) is 13.6. The van der Waals surface area contributed by atoms with E-state index < -0.39 is 0 Å². The number of hydrogen-bond donors (Lipinski definition) is 3. The number of aromatic nitrogens is 2. The molecule has 3 heterocycles. The zero-order valence-electron chi connectivity index (χ0n) is 19.7. The van der Waals surface area contributed by atoms with Gasteiger partial charge in [0.1, 0.15) is 11.6 Å². The first-order valence-corrected chi connectivity index (χ1v) is 11.3. The number of amides is 2. The van der Waals surface area contributed by atoms with Crippen LogP contribution in [0.4, 0.5) is 22.1 Å². The third-order valence-electron chi connectivity index (χ3n) is 5.92. The van der Waals surface area contributed by atoms with Gasteiger partial charge in [0.05, 0.1) is 0 Å². The number of pyridine rings is 1. The van der Waals surface area contributed by atoms with Gasteiger partial charge in [0.15, 0.2) is 5.82 Å². The van der Waals surface area contributed by atoms with Crippen LogP contribution in [-0.2, 0) is 5.41 Å². The quantitative estimate of drug-likeness (QED) is 0.481. The van der Waals surface area contributed by atoms with Crippen molar-refractivity contribution in [3.63, 3.8) is 0 Å². The number of rotatable bonds is 6. The van der Waals surface area contributed by atoms with E-state index in [9.17, 15) is 4.79 Å². The fourth-order valence-corrected chi connectivity index (χ4v) is 3.84. The number of likely N-dealkylation sites (tertiary alicyclic amines) is 1. The molecule has 0 aliphatic carbocycles. The Morgan fingerprint density at radius 2 is 1.85 bits per heavy atom. The highest BCUT2D eigenvalue weighted by molar-refractivity contribution is 5.99. The van der Waals surface area contributed by atoms with E-state index in [0.717, 1.165) is 23.5 Å². The van der Waals surface area contributed by atoms with Gasteiger partial charge in [0.25, 0.3) is 0 Å². The number of urea groups is 1. The smallest absolute Gasteiger partial charge is 0.324 e. The molecule has 0 saturated carbocycles. The fourth-order valence-electron chi connectivity index (χ4n) is 3.84. The SMILES string of the molecule is CN1CCCC1CNc1ccc(-c2ccc(NC(=O)Nc3cc(C(C)(C)C)on3)cc2)cn1. The predicted molar refractivity (Wildman–Crippen MR) is 132 cm³/mol. The van der Waals surface area contributed by atoms with Crippen molar-refractivity contribution in [1.29, 1.82) is 0 Å². The molecule has 8 nitrogen and oxygen atoms in total. The number of carbonyl (C=O) groups is 1. The molecule has 0 radical (unpaired) electrons. The van der Waals surface area contributed by atoms with Gasteiger partial charge < -0.3 is 20.1 Å². The van der Waals surface area contributed by atoms with Crippen LogP contribution in [0.25, 0.3) is 11.1 Å². The van der Waals surface area contributed by atoms with Crippen molar-refractivity contribution in [2.45, 2.75) is 45.1 Å². The first-order valence-electron chi connectivity index (χ1n) is 11.3. The summed E-state index contributed by atoms with van der Waals surface area (Å²) in [6.45, 7) is 8.15. The lowest BCUT2D eigenvalue weighted by molar-refractivity contribution is 0.262. The highest BCUT2D eigenvalue weighted by Crippen LogP contribution is 2.25. The Morgan fingerprint density at radius 3 is 2.45 bits per heavy atom. The maximum Gasteiger partial charge on any atom is 0.324 e. The van der Waals surface area contributed by atoms with Crippen molar-refractivity contribution in [2.24, 2.45) is 0 Å². The number of likely N-dealkylation sites (N-methyl/N-ethyl adjacent to an activating group) is 1. The first kappa shape index (κ1) is 22.8. The predicted octanol–water partition coefficient (Wildman–Crippen LogP) is 5.18. The fraction of sp³-hybridized carbons (Fsp3) is 0.400. The van der Waals surface area contributed by atoms with Gasteiger partial charge in [0, 0.05) is 41.5 Å². The van der Waals surface area contributed by atoms with E-state index in [1.54, 1.807) is 6.07 Å². The Bertz CT molecular complexity index is 1070. The largest absolute Gasteiger partial charge is 0.369 e. The molecule has 8 heteroatoms. The molecule has 1 unspecified atom stereocenters. The van der Waals surface area contributed by atoms with Crippen molar-refractivity contribution in [3.05, 3.63) is 54.4 Å². The second-order valence-electron chi connectivity index (χ2n) is 9.57. The summed E-state index contributed by atoms with van der Waals surface area (Å²) in [5.74, 6) is 1.98. The number of nitrogens with one attached hydrogen (secondary N) is 3. The molecule has 33 heavy (non-hydrogen) atoms. The van der Waals surface area contributed by atoms with Gasteiger partial charge in [0.2, 0.25) is 0 Å². The summed E-state index contributed by atoms with van der Waals surface area (Å²) < 4.78 is 5.29. The molecule has 1 fully saturated rings. The lowest BCUT2D eigenvalue weighted by atomic mass is 9.93.